The summed E-state index contributed by atoms with van der Waals surface area (Å²) in [7, 11) is 0. The van der Waals surface area contributed by atoms with Crippen LogP contribution in [0.25, 0.3) is 11.3 Å². The van der Waals surface area contributed by atoms with Gasteiger partial charge >= 0.3 is 0 Å². The average Bonchev–Trinajstić information content (AvgIpc) is 2.58. The van der Waals surface area contributed by atoms with E-state index in [1.165, 1.54) is 0 Å². The molecule has 0 aliphatic rings. The first-order valence-corrected chi connectivity index (χ1v) is 3.78. The van der Waals surface area contributed by atoms with Crippen molar-refractivity contribution in [3.8, 4) is 11.3 Å². The number of rotatable bonds is 1. The molecule has 3 nitrogen and oxygen atoms in total. The van der Waals surface area contributed by atoms with E-state index in [4.69, 9.17) is 0 Å². The molecule has 0 fully saturated rings. The lowest BCUT2D eigenvalue weighted by Gasteiger charge is -1.95. The van der Waals surface area contributed by atoms with E-state index in [9.17, 15) is 0 Å². The van der Waals surface area contributed by atoms with Gasteiger partial charge in [-0.05, 0) is 25.1 Å². The molecule has 60 valence electrons. The third-order valence-corrected chi connectivity index (χ3v) is 1.72. The Labute approximate surface area is 70.5 Å². The van der Waals surface area contributed by atoms with E-state index < -0.39 is 0 Å². The molecule has 0 aromatic carbocycles. The van der Waals surface area contributed by atoms with E-state index in [0.29, 0.717) is 0 Å². The quantitative estimate of drug-likeness (QED) is 0.689. The van der Waals surface area contributed by atoms with Crippen molar-refractivity contribution in [2.75, 3.05) is 0 Å². The molecule has 0 aliphatic carbocycles. The predicted molar refractivity (Wildman–Crippen MR) is 46.6 cm³/mol. The number of hydrogen-bond acceptors (Lipinski definition) is 2. The molecule has 3 heteroatoms. The number of aromatic nitrogens is 3. The number of aryl methyl sites for hydroxylation is 1. The Kier molecular flexibility index (Phi) is 1.63. The highest BCUT2D eigenvalue weighted by molar-refractivity contribution is 5.56. The Morgan fingerprint density at radius 1 is 1.25 bits per heavy atom. The number of pyridine rings is 1. The van der Waals surface area contributed by atoms with Gasteiger partial charge in [0.05, 0.1) is 5.69 Å². The molecule has 0 bridgehead atoms. The van der Waals surface area contributed by atoms with Gasteiger partial charge < -0.3 is 0 Å². The fourth-order valence-electron chi connectivity index (χ4n) is 1.04. The van der Waals surface area contributed by atoms with Crippen molar-refractivity contribution in [2.45, 2.75) is 6.92 Å². The lowest BCUT2D eigenvalue weighted by molar-refractivity contribution is 1.09. The second-order valence-electron chi connectivity index (χ2n) is 2.66. The normalized spacial score (nSPS) is 10.1. The summed E-state index contributed by atoms with van der Waals surface area (Å²) < 4.78 is 0. The van der Waals surface area contributed by atoms with Crippen molar-refractivity contribution < 1.29 is 0 Å². The van der Waals surface area contributed by atoms with Gasteiger partial charge in [0.15, 0.2) is 0 Å². The van der Waals surface area contributed by atoms with Crippen molar-refractivity contribution >= 4 is 0 Å². The van der Waals surface area contributed by atoms with Gasteiger partial charge in [-0.25, -0.2) is 0 Å². The Morgan fingerprint density at radius 2 is 2.17 bits per heavy atom. The molecular formula is C9H9N3. The van der Waals surface area contributed by atoms with Gasteiger partial charge in [0, 0.05) is 23.7 Å². The van der Waals surface area contributed by atoms with E-state index in [2.05, 4.69) is 15.2 Å². The number of nitrogens with one attached hydrogen (secondary N) is 1. The minimum absolute atomic E-state index is 1.00. The highest BCUT2D eigenvalue weighted by Crippen LogP contribution is 2.13. The summed E-state index contributed by atoms with van der Waals surface area (Å²) in [5.41, 5.74) is 3.10. The summed E-state index contributed by atoms with van der Waals surface area (Å²) >= 11 is 0. The van der Waals surface area contributed by atoms with E-state index in [1.54, 1.807) is 6.20 Å². The Hall–Kier alpha value is -1.64. The minimum Gasteiger partial charge on any atom is -0.278 e. The van der Waals surface area contributed by atoms with Gasteiger partial charge in [0.25, 0.3) is 0 Å². The highest BCUT2D eigenvalue weighted by atomic mass is 15.1. The van der Waals surface area contributed by atoms with E-state index in [0.717, 1.165) is 17.0 Å². The van der Waals surface area contributed by atoms with Gasteiger partial charge in [-0.1, -0.05) is 0 Å². The van der Waals surface area contributed by atoms with Crippen LogP contribution in [0.3, 0.4) is 0 Å². The van der Waals surface area contributed by atoms with Gasteiger partial charge in [-0.15, -0.1) is 0 Å². The molecule has 2 rings (SSSR count). The molecule has 0 unspecified atom stereocenters. The number of H-pyrrole nitrogens is 1. The summed E-state index contributed by atoms with van der Waals surface area (Å²) in [4.78, 5) is 4.19. The summed E-state index contributed by atoms with van der Waals surface area (Å²) in [6.45, 7) is 1.97. The lowest BCUT2D eigenvalue weighted by atomic mass is 10.2. The Morgan fingerprint density at radius 3 is 2.75 bits per heavy atom. The molecule has 12 heavy (non-hydrogen) atoms. The summed E-state index contributed by atoms with van der Waals surface area (Å²) in [6, 6.07) is 5.93. The Bertz CT molecular complexity index is 348. The molecule has 0 radical (unpaired) electrons. The van der Waals surface area contributed by atoms with Gasteiger partial charge in [0.2, 0.25) is 0 Å². The predicted octanol–water partition coefficient (Wildman–Crippen LogP) is 1.78. The minimum atomic E-state index is 1.00. The summed E-state index contributed by atoms with van der Waals surface area (Å²) in [5.74, 6) is 0. The second-order valence-corrected chi connectivity index (χ2v) is 2.66. The molecule has 0 amide bonds. The van der Waals surface area contributed by atoms with Crippen LogP contribution in [-0.4, -0.2) is 15.2 Å². The van der Waals surface area contributed by atoms with Gasteiger partial charge in [-0.2, -0.15) is 5.10 Å². The maximum absolute atomic E-state index is 4.19. The first-order chi connectivity index (χ1) is 5.86. The smallest absolute Gasteiger partial charge is 0.0665 e. The Balaban J connectivity index is 2.43. The standard InChI is InChI=1S/C9H9N3/c1-7-2-3-8(6-10-7)9-4-5-11-12-9/h2-6H,1H3,(H,11,12). The van der Waals surface area contributed by atoms with E-state index >= 15 is 0 Å². The third-order valence-electron chi connectivity index (χ3n) is 1.72. The van der Waals surface area contributed by atoms with E-state index in [1.807, 2.05) is 31.3 Å². The maximum atomic E-state index is 4.19. The molecule has 0 atom stereocenters. The van der Waals surface area contributed by atoms with Crippen LogP contribution in [0, 0.1) is 6.92 Å². The fourth-order valence-corrected chi connectivity index (χ4v) is 1.04. The van der Waals surface area contributed by atoms with Gasteiger partial charge in [-0.3, -0.25) is 10.1 Å². The van der Waals surface area contributed by atoms with Crippen LogP contribution in [0.15, 0.2) is 30.6 Å². The molecule has 1 N–H and O–H groups in total. The zero-order valence-electron chi connectivity index (χ0n) is 6.78. The molecule has 0 saturated heterocycles. The maximum Gasteiger partial charge on any atom is 0.0665 e. The largest absolute Gasteiger partial charge is 0.278 e. The number of aromatic amines is 1. The third kappa shape index (κ3) is 1.21. The summed E-state index contributed by atoms with van der Waals surface area (Å²) in [6.07, 6.45) is 3.57. The molecule has 2 aromatic rings. The molecular weight excluding hydrogens is 150 g/mol. The first-order valence-electron chi connectivity index (χ1n) is 3.78. The van der Waals surface area contributed by atoms with Gasteiger partial charge in [0.1, 0.15) is 0 Å². The molecule has 2 aromatic heterocycles. The first kappa shape index (κ1) is 7.03. The average molecular weight is 159 g/mol. The van der Waals surface area contributed by atoms with Crippen LogP contribution in [0.5, 0.6) is 0 Å². The fraction of sp³-hybridized carbons (Fsp3) is 0.111. The van der Waals surface area contributed by atoms with Crippen LogP contribution in [0.4, 0.5) is 0 Å². The molecule has 0 spiro atoms. The van der Waals surface area contributed by atoms with Crippen molar-refractivity contribution in [3.05, 3.63) is 36.3 Å². The van der Waals surface area contributed by atoms with E-state index in [-0.39, 0.29) is 0 Å². The molecule has 0 aliphatic heterocycles. The van der Waals surface area contributed by atoms with Crippen LogP contribution in [-0.2, 0) is 0 Å². The van der Waals surface area contributed by atoms with Crippen molar-refractivity contribution in [3.63, 3.8) is 0 Å². The van der Waals surface area contributed by atoms with Crippen LogP contribution < -0.4 is 0 Å². The topological polar surface area (TPSA) is 41.6 Å². The van der Waals surface area contributed by atoms with Crippen LogP contribution in [0.2, 0.25) is 0 Å². The van der Waals surface area contributed by atoms with Crippen molar-refractivity contribution in [1.82, 2.24) is 15.2 Å². The monoisotopic (exact) mass is 159 g/mol. The zero-order valence-corrected chi connectivity index (χ0v) is 6.78. The lowest BCUT2D eigenvalue weighted by Crippen LogP contribution is -1.82. The molecule has 2 heterocycles. The number of nitrogens with zero attached hydrogens (tertiary/aromatic N) is 2. The SMILES string of the molecule is Cc1ccc(-c2ccn[nH]2)cn1. The zero-order chi connectivity index (χ0) is 8.39. The summed E-state index contributed by atoms with van der Waals surface area (Å²) in [5, 5.41) is 6.75. The van der Waals surface area contributed by atoms with Crippen LogP contribution in [0.1, 0.15) is 5.69 Å². The second kappa shape index (κ2) is 2.77. The van der Waals surface area contributed by atoms with Crippen molar-refractivity contribution in [2.24, 2.45) is 0 Å². The van der Waals surface area contributed by atoms with Crippen molar-refractivity contribution in [1.29, 1.82) is 0 Å². The number of hydrogen-bond donors (Lipinski definition) is 1. The molecule has 0 saturated carbocycles. The highest BCUT2D eigenvalue weighted by Gasteiger charge is 1.96. The van der Waals surface area contributed by atoms with Crippen LogP contribution >= 0.6 is 0 Å².